The first kappa shape index (κ1) is 44.1. The smallest absolute Gasteiger partial charge is 0.0462 e. The Kier molecular flexibility index (Phi) is 34.7. The molecule has 0 aromatic heterocycles. The summed E-state index contributed by atoms with van der Waals surface area (Å²) in [6, 6.07) is 13.7. The monoisotopic (exact) mass is 545 g/mol. The lowest BCUT2D eigenvalue weighted by Crippen LogP contribution is -2.22. The lowest BCUT2D eigenvalue weighted by Gasteiger charge is -2.32. The van der Waals surface area contributed by atoms with Gasteiger partial charge >= 0.3 is 0 Å². The van der Waals surface area contributed by atoms with E-state index in [9.17, 15) is 5.11 Å². The molecule has 2 aromatic carbocycles. The number of aryl methyl sites for hydroxylation is 2. The summed E-state index contributed by atoms with van der Waals surface area (Å²) in [4.78, 5) is 0. The first-order valence-corrected chi connectivity index (χ1v) is 15.8. The van der Waals surface area contributed by atoms with Crippen LogP contribution in [0.3, 0.4) is 0 Å². The van der Waals surface area contributed by atoms with E-state index < -0.39 is 0 Å². The Balaban J connectivity index is -0.000000410. The number of benzene rings is 2. The maximum Gasteiger partial charge on any atom is 0.0462 e. The molecule has 2 nitrogen and oxygen atoms in total. The molecule has 0 unspecified atom stereocenters. The van der Waals surface area contributed by atoms with Crippen LogP contribution in [0.25, 0.3) is 6.08 Å². The number of hydrogen-bond acceptors (Lipinski definition) is 2. The van der Waals surface area contributed by atoms with Crippen LogP contribution < -0.4 is 0 Å². The molecule has 0 aliphatic heterocycles. The maximum absolute atomic E-state index is 9.79. The molecule has 2 atom stereocenters. The van der Waals surface area contributed by atoms with Gasteiger partial charge in [0.2, 0.25) is 0 Å². The van der Waals surface area contributed by atoms with Crippen molar-refractivity contribution in [1.29, 1.82) is 0 Å². The molecule has 3 rings (SSSR count). The van der Waals surface area contributed by atoms with Gasteiger partial charge in [-0.25, -0.2) is 0 Å². The molecule has 228 valence electrons. The fourth-order valence-corrected chi connectivity index (χ4v) is 3.99. The van der Waals surface area contributed by atoms with Crippen molar-refractivity contribution in [2.45, 2.75) is 129 Å². The third kappa shape index (κ3) is 18.1. The normalized spacial score (nSPS) is 14.5. The van der Waals surface area contributed by atoms with Crippen LogP contribution in [0.2, 0.25) is 0 Å². The third-order valence-electron chi connectivity index (χ3n) is 5.73. The van der Waals surface area contributed by atoms with Crippen molar-refractivity contribution < 1.29 is 10.2 Å². The van der Waals surface area contributed by atoms with Crippen LogP contribution in [0.5, 0.6) is 0 Å². The SMILES string of the molecule is CC.CC.CC.CC.CCC.CO.Cc1ccc([C@H]2C[C@@H](CO)Cc3ccc(/C=C/CC(C)C)cc32)cc1C. The van der Waals surface area contributed by atoms with Gasteiger partial charge in [-0.3, -0.25) is 0 Å². The topological polar surface area (TPSA) is 40.5 Å². The minimum absolute atomic E-state index is 0.275. The Morgan fingerprint density at radius 3 is 1.82 bits per heavy atom. The molecule has 2 heteroatoms. The average molecular weight is 545 g/mol. The highest BCUT2D eigenvalue weighted by Gasteiger charge is 2.28. The standard InChI is InChI=1S/C25H32O.C3H8.4C2H6.CH4O/c1-17(2)6-5-7-20-9-11-23-13-21(16-26)15-25(24(23)14-20)22-10-8-18(3)19(4)12-22;1-3-2;5*1-2/h5,7-12,14,17,21,25-26H,6,13,15-16H2,1-4H3;3H2,1-2H3;4*1-2H3;2H,1H3/b7-5+;;;;;;/t21-,25+;;;;;;/m0....../s1. The molecular formula is C37H68O2. The van der Waals surface area contributed by atoms with E-state index in [-0.39, 0.29) is 6.61 Å². The van der Waals surface area contributed by atoms with Crippen LogP contribution in [-0.4, -0.2) is 23.9 Å². The zero-order valence-corrected chi connectivity index (χ0v) is 28.8. The summed E-state index contributed by atoms with van der Waals surface area (Å²) in [6.45, 7) is 29.4. The van der Waals surface area contributed by atoms with Crippen LogP contribution in [0.1, 0.15) is 142 Å². The zero-order chi connectivity index (χ0) is 31.4. The van der Waals surface area contributed by atoms with E-state index in [1.54, 1.807) is 0 Å². The number of aliphatic hydroxyl groups is 2. The van der Waals surface area contributed by atoms with Crippen molar-refractivity contribution >= 4 is 6.08 Å². The van der Waals surface area contributed by atoms with Crippen molar-refractivity contribution in [3.05, 3.63) is 75.9 Å². The van der Waals surface area contributed by atoms with Gasteiger partial charge in [-0.05, 0) is 78.3 Å². The van der Waals surface area contributed by atoms with Crippen molar-refractivity contribution in [2.75, 3.05) is 13.7 Å². The van der Waals surface area contributed by atoms with Crippen molar-refractivity contribution in [2.24, 2.45) is 11.8 Å². The van der Waals surface area contributed by atoms with Gasteiger partial charge in [0.25, 0.3) is 0 Å². The van der Waals surface area contributed by atoms with Crippen LogP contribution in [0, 0.1) is 25.7 Å². The summed E-state index contributed by atoms with van der Waals surface area (Å²) in [5.41, 5.74) is 8.22. The van der Waals surface area contributed by atoms with E-state index >= 15 is 0 Å². The van der Waals surface area contributed by atoms with Crippen molar-refractivity contribution in [1.82, 2.24) is 0 Å². The minimum atomic E-state index is 0.275. The summed E-state index contributed by atoms with van der Waals surface area (Å²) in [7, 11) is 1.00. The molecule has 0 spiro atoms. The number of fused-ring (bicyclic) bond motifs is 1. The highest BCUT2D eigenvalue weighted by Crippen LogP contribution is 2.40. The second kappa shape index (κ2) is 30.6. The molecule has 39 heavy (non-hydrogen) atoms. The van der Waals surface area contributed by atoms with Gasteiger partial charge in [0, 0.05) is 19.6 Å². The Bertz CT molecular complexity index is 805. The van der Waals surface area contributed by atoms with Crippen LogP contribution in [0.4, 0.5) is 0 Å². The molecule has 2 aromatic rings. The maximum atomic E-state index is 9.79. The van der Waals surface area contributed by atoms with Crippen LogP contribution in [0.15, 0.2) is 42.5 Å². The molecular weight excluding hydrogens is 476 g/mol. The van der Waals surface area contributed by atoms with Gasteiger partial charge in [0.15, 0.2) is 0 Å². The van der Waals surface area contributed by atoms with E-state index in [0.717, 1.165) is 26.4 Å². The van der Waals surface area contributed by atoms with E-state index in [0.29, 0.717) is 17.8 Å². The molecule has 0 heterocycles. The number of rotatable bonds is 5. The highest BCUT2D eigenvalue weighted by molar-refractivity contribution is 5.54. The molecule has 1 aliphatic rings. The molecule has 0 radical (unpaired) electrons. The second-order valence-corrected chi connectivity index (χ2v) is 9.08. The molecule has 0 saturated heterocycles. The summed E-state index contributed by atoms with van der Waals surface area (Å²) in [6.07, 6.45) is 8.94. The molecule has 2 N–H and O–H groups in total. The summed E-state index contributed by atoms with van der Waals surface area (Å²) >= 11 is 0. The Hall–Kier alpha value is -1.90. The van der Waals surface area contributed by atoms with Gasteiger partial charge in [-0.2, -0.15) is 0 Å². The Labute approximate surface area is 246 Å². The van der Waals surface area contributed by atoms with E-state index in [2.05, 4.69) is 90.1 Å². The minimum Gasteiger partial charge on any atom is -0.400 e. The molecule has 0 saturated carbocycles. The first-order chi connectivity index (χ1) is 18.9. The summed E-state index contributed by atoms with van der Waals surface area (Å²) < 4.78 is 0. The number of hydrogen-bond donors (Lipinski definition) is 2. The van der Waals surface area contributed by atoms with Crippen molar-refractivity contribution in [3.63, 3.8) is 0 Å². The number of allylic oxidation sites excluding steroid dienone is 1. The van der Waals surface area contributed by atoms with Gasteiger partial charge in [0.1, 0.15) is 0 Å². The fourth-order valence-electron chi connectivity index (χ4n) is 3.99. The Morgan fingerprint density at radius 1 is 0.821 bits per heavy atom. The number of aliphatic hydroxyl groups excluding tert-OH is 2. The van der Waals surface area contributed by atoms with Gasteiger partial charge in [-0.15, -0.1) is 0 Å². The predicted molar refractivity (Wildman–Crippen MR) is 181 cm³/mol. The zero-order valence-electron chi connectivity index (χ0n) is 28.8. The molecule has 1 aliphatic carbocycles. The van der Waals surface area contributed by atoms with E-state index in [1.165, 1.54) is 39.8 Å². The summed E-state index contributed by atoms with van der Waals surface area (Å²) in [5, 5.41) is 16.8. The van der Waals surface area contributed by atoms with Gasteiger partial charge < -0.3 is 10.2 Å². The van der Waals surface area contributed by atoms with Crippen LogP contribution >= 0.6 is 0 Å². The third-order valence-corrected chi connectivity index (χ3v) is 5.73. The Morgan fingerprint density at radius 2 is 1.36 bits per heavy atom. The molecule has 0 amide bonds. The first-order valence-electron chi connectivity index (χ1n) is 15.8. The van der Waals surface area contributed by atoms with E-state index in [1.807, 2.05) is 55.4 Å². The largest absolute Gasteiger partial charge is 0.400 e. The second-order valence-electron chi connectivity index (χ2n) is 9.08. The quantitative estimate of drug-likeness (QED) is 0.393. The predicted octanol–water partition coefficient (Wildman–Crippen LogP) is 11.2. The fraction of sp³-hybridized carbons (Fsp3) is 0.622. The highest BCUT2D eigenvalue weighted by atomic mass is 16.3. The average Bonchev–Trinajstić information content (AvgIpc) is 2.99. The molecule has 0 bridgehead atoms. The van der Waals surface area contributed by atoms with Gasteiger partial charge in [0.05, 0.1) is 0 Å². The lowest BCUT2D eigenvalue weighted by molar-refractivity contribution is 0.208. The van der Waals surface area contributed by atoms with Crippen LogP contribution in [-0.2, 0) is 6.42 Å². The van der Waals surface area contributed by atoms with Gasteiger partial charge in [-0.1, -0.05) is 138 Å². The van der Waals surface area contributed by atoms with Crippen molar-refractivity contribution in [3.8, 4) is 0 Å². The summed E-state index contributed by atoms with van der Waals surface area (Å²) in [5.74, 6) is 1.43. The molecule has 0 fully saturated rings. The van der Waals surface area contributed by atoms with E-state index in [4.69, 9.17) is 5.11 Å². The lowest BCUT2D eigenvalue weighted by atomic mass is 9.73.